The van der Waals surface area contributed by atoms with E-state index in [9.17, 15) is 4.79 Å². The van der Waals surface area contributed by atoms with Crippen LogP contribution in [0.4, 0.5) is 4.79 Å². The molecular weight excluding hydrogens is 232 g/mol. The number of hydrogen-bond acceptors (Lipinski definition) is 4. The highest BCUT2D eigenvalue weighted by molar-refractivity contribution is 5.68. The molecule has 1 aliphatic heterocycles. The Kier molecular flexibility index (Phi) is 5.41. The Morgan fingerprint density at radius 2 is 2.00 bits per heavy atom. The minimum atomic E-state index is -0.423. The highest BCUT2D eigenvalue weighted by atomic mass is 16.6. The summed E-state index contributed by atoms with van der Waals surface area (Å²) < 4.78 is 10.5. The van der Waals surface area contributed by atoms with Crippen molar-refractivity contribution in [2.45, 2.75) is 39.3 Å². The summed E-state index contributed by atoms with van der Waals surface area (Å²) in [7, 11) is 1.71. The molecule has 0 aromatic heterocycles. The van der Waals surface area contributed by atoms with E-state index in [2.05, 4.69) is 11.8 Å². The SMILES string of the molecule is COCCN1CCN(C(=O)OC(C)(C)C)C[C@@H]1C. The Hall–Kier alpha value is -0.810. The predicted molar refractivity (Wildman–Crippen MR) is 70.7 cm³/mol. The zero-order chi connectivity index (χ0) is 13.8. The van der Waals surface area contributed by atoms with Gasteiger partial charge in [-0.3, -0.25) is 4.90 Å². The van der Waals surface area contributed by atoms with E-state index in [1.807, 2.05) is 20.8 Å². The second-order valence-electron chi connectivity index (χ2n) is 5.80. The number of hydrogen-bond donors (Lipinski definition) is 0. The average Bonchev–Trinajstić information content (AvgIpc) is 2.25. The average molecular weight is 258 g/mol. The highest BCUT2D eigenvalue weighted by Crippen LogP contribution is 2.14. The van der Waals surface area contributed by atoms with Crippen molar-refractivity contribution in [1.82, 2.24) is 9.80 Å². The summed E-state index contributed by atoms with van der Waals surface area (Å²) in [6.07, 6.45) is -0.208. The lowest BCUT2D eigenvalue weighted by atomic mass is 10.2. The molecule has 5 heteroatoms. The summed E-state index contributed by atoms with van der Waals surface area (Å²) in [5, 5.41) is 0. The molecule has 0 aromatic carbocycles. The standard InChI is InChI=1S/C13H26N2O3/c1-11-10-15(12(16)18-13(2,3)4)7-6-14(11)8-9-17-5/h11H,6-10H2,1-5H3/t11-/m0/s1. The number of nitrogens with zero attached hydrogens (tertiary/aromatic N) is 2. The molecule has 0 spiro atoms. The van der Waals surface area contributed by atoms with Gasteiger partial charge in [0, 0.05) is 39.3 Å². The van der Waals surface area contributed by atoms with E-state index in [0.717, 1.165) is 32.8 Å². The lowest BCUT2D eigenvalue weighted by Gasteiger charge is -2.40. The third-order valence-electron chi connectivity index (χ3n) is 3.00. The van der Waals surface area contributed by atoms with E-state index in [1.54, 1.807) is 12.0 Å². The van der Waals surface area contributed by atoms with Crippen LogP contribution in [0, 0.1) is 0 Å². The number of carbonyl (C=O) groups excluding carboxylic acids is 1. The van der Waals surface area contributed by atoms with Crippen LogP contribution in [-0.2, 0) is 9.47 Å². The molecule has 0 saturated carbocycles. The largest absolute Gasteiger partial charge is 0.444 e. The van der Waals surface area contributed by atoms with E-state index >= 15 is 0 Å². The van der Waals surface area contributed by atoms with Crippen molar-refractivity contribution < 1.29 is 14.3 Å². The van der Waals surface area contributed by atoms with Crippen molar-refractivity contribution >= 4 is 6.09 Å². The zero-order valence-corrected chi connectivity index (χ0v) is 12.2. The molecule has 1 saturated heterocycles. The van der Waals surface area contributed by atoms with Gasteiger partial charge in [0.2, 0.25) is 0 Å². The Morgan fingerprint density at radius 3 is 2.50 bits per heavy atom. The molecule has 18 heavy (non-hydrogen) atoms. The van der Waals surface area contributed by atoms with Gasteiger partial charge >= 0.3 is 6.09 Å². The highest BCUT2D eigenvalue weighted by Gasteiger charge is 2.29. The monoisotopic (exact) mass is 258 g/mol. The summed E-state index contributed by atoms with van der Waals surface area (Å²) in [6, 6.07) is 0.349. The van der Waals surface area contributed by atoms with Crippen molar-refractivity contribution in [2.75, 3.05) is 39.9 Å². The summed E-state index contributed by atoms with van der Waals surface area (Å²) in [5.41, 5.74) is -0.423. The van der Waals surface area contributed by atoms with Gasteiger partial charge in [-0.05, 0) is 27.7 Å². The molecule has 0 N–H and O–H groups in total. The van der Waals surface area contributed by atoms with E-state index in [4.69, 9.17) is 9.47 Å². The number of rotatable bonds is 3. The van der Waals surface area contributed by atoms with Crippen LogP contribution in [0.15, 0.2) is 0 Å². The van der Waals surface area contributed by atoms with Gasteiger partial charge < -0.3 is 14.4 Å². The summed E-state index contributed by atoms with van der Waals surface area (Å²) >= 11 is 0. The lowest BCUT2D eigenvalue weighted by Crippen LogP contribution is -2.55. The van der Waals surface area contributed by atoms with Crippen molar-refractivity contribution in [1.29, 1.82) is 0 Å². The summed E-state index contributed by atoms with van der Waals surface area (Å²) in [4.78, 5) is 16.1. The van der Waals surface area contributed by atoms with E-state index < -0.39 is 5.60 Å². The van der Waals surface area contributed by atoms with E-state index in [1.165, 1.54) is 0 Å². The first-order chi connectivity index (χ1) is 8.33. The summed E-state index contributed by atoms with van der Waals surface area (Å²) in [5.74, 6) is 0. The fraction of sp³-hybridized carbons (Fsp3) is 0.923. The fourth-order valence-corrected chi connectivity index (χ4v) is 2.03. The second-order valence-corrected chi connectivity index (χ2v) is 5.80. The van der Waals surface area contributed by atoms with E-state index in [-0.39, 0.29) is 6.09 Å². The maximum absolute atomic E-state index is 11.9. The molecule has 1 amide bonds. The quantitative estimate of drug-likeness (QED) is 0.770. The Labute approximate surface area is 110 Å². The molecule has 1 fully saturated rings. The molecule has 1 atom stereocenters. The van der Waals surface area contributed by atoms with Crippen LogP contribution in [-0.4, -0.2) is 67.4 Å². The first kappa shape index (κ1) is 15.2. The van der Waals surface area contributed by atoms with Crippen LogP contribution in [0.25, 0.3) is 0 Å². The Bertz CT molecular complexity index is 276. The molecule has 1 heterocycles. The van der Waals surface area contributed by atoms with Gasteiger partial charge in [0.05, 0.1) is 6.61 Å². The molecule has 0 aliphatic carbocycles. The van der Waals surface area contributed by atoms with Gasteiger partial charge in [0.25, 0.3) is 0 Å². The van der Waals surface area contributed by atoms with Crippen LogP contribution >= 0.6 is 0 Å². The molecule has 0 aromatic rings. The van der Waals surface area contributed by atoms with Crippen LogP contribution in [0.3, 0.4) is 0 Å². The zero-order valence-electron chi connectivity index (χ0n) is 12.2. The smallest absolute Gasteiger partial charge is 0.410 e. The van der Waals surface area contributed by atoms with Crippen LogP contribution < -0.4 is 0 Å². The first-order valence-corrected chi connectivity index (χ1v) is 6.54. The maximum atomic E-state index is 11.9. The molecule has 106 valence electrons. The molecule has 1 rings (SSSR count). The number of carbonyl (C=O) groups is 1. The fourth-order valence-electron chi connectivity index (χ4n) is 2.03. The van der Waals surface area contributed by atoms with Crippen LogP contribution in [0.5, 0.6) is 0 Å². The van der Waals surface area contributed by atoms with Gasteiger partial charge in [0.1, 0.15) is 5.60 Å². The Morgan fingerprint density at radius 1 is 1.33 bits per heavy atom. The van der Waals surface area contributed by atoms with Crippen LogP contribution in [0.2, 0.25) is 0 Å². The lowest BCUT2D eigenvalue weighted by molar-refractivity contribution is 0.00258. The van der Waals surface area contributed by atoms with Gasteiger partial charge in [0.15, 0.2) is 0 Å². The molecule has 0 radical (unpaired) electrons. The third-order valence-corrected chi connectivity index (χ3v) is 3.00. The molecule has 5 nitrogen and oxygen atoms in total. The maximum Gasteiger partial charge on any atom is 0.410 e. The Balaban J connectivity index is 2.43. The molecule has 0 bridgehead atoms. The predicted octanol–water partition coefficient (Wildman–Crippen LogP) is 1.57. The minimum absolute atomic E-state index is 0.208. The van der Waals surface area contributed by atoms with Crippen LogP contribution in [0.1, 0.15) is 27.7 Å². The number of amides is 1. The first-order valence-electron chi connectivity index (χ1n) is 6.54. The van der Waals surface area contributed by atoms with Gasteiger partial charge in [-0.2, -0.15) is 0 Å². The van der Waals surface area contributed by atoms with Gasteiger partial charge in [-0.15, -0.1) is 0 Å². The van der Waals surface area contributed by atoms with Crippen molar-refractivity contribution in [3.63, 3.8) is 0 Å². The molecular formula is C13H26N2O3. The third kappa shape index (κ3) is 4.82. The number of ether oxygens (including phenoxy) is 2. The van der Waals surface area contributed by atoms with Crippen molar-refractivity contribution in [3.05, 3.63) is 0 Å². The topological polar surface area (TPSA) is 42.0 Å². The number of piperazine rings is 1. The molecule has 1 aliphatic rings. The van der Waals surface area contributed by atoms with Gasteiger partial charge in [-0.25, -0.2) is 4.79 Å². The number of methoxy groups -OCH3 is 1. The van der Waals surface area contributed by atoms with E-state index in [0.29, 0.717) is 6.04 Å². The van der Waals surface area contributed by atoms with Crippen molar-refractivity contribution in [3.8, 4) is 0 Å². The molecule has 0 unspecified atom stereocenters. The second kappa shape index (κ2) is 6.38. The van der Waals surface area contributed by atoms with Crippen molar-refractivity contribution in [2.24, 2.45) is 0 Å². The summed E-state index contributed by atoms with van der Waals surface area (Å²) in [6.45, 7) is 11.8. The van der Waals surface area contributed by atoms with Gasteiger partial charge in [-0.1, -0.05) is 0 Å². The minimum Gasteiger partial charge on any atom is -0.444 e. The normalized spacial score (nSPS) is 22.1.